The molecule has 6 heteroatoms. The van der Waals surface area contributed by atoms with Crippen LogP contribution in [0.25, 0.3) is 0 Å². The molecule has 0 radical (unpaired) electrons. The molecule has 0 unspecified atom stereocenters. The van der Waals surface area contributed by atoms with Crippen molar-refractivity contribution in [2.75, 3.05) is 32.7 Å². The average molecular weight is 414 g/mol. The van der Waals surface area contributed by atoms with Crippen molar-refractivity contribution >= 4 is 11.9 Å². The third kappa shape index (κ3) is 3.39. The topological polar surface area (TPSA) is 64.2 Å². The van der Waals surface area contributed by atoms with E-state index < -0.39 is 0 Å². The molecule has 1 aromatic rings. The number of hydrogen-bond acceptors (Lipinski definition) is 4. The zero-order chi connectivity index (χ0) is 20.9. The van der Waals surface area contributed by atoms with Crippen LogP contribution in [-0.2, 0) is 9.53 Å². The molecule has 5 atom stereocenters. The number of allylic oxidation sites excluding steroid dienone is 1. The number of nitrogens with zero attached hydrogens (tertiary/aromatic N) is 1. The molecule has 1 N–H and O–H groups in total. The Morgan fingerprint density at radius 1 is 1.37 bits per heavy atom. The number of furan rings is 1. The molecule has 3 heterocycles. The summed E-state index contributed by atoms with van der Waals surface area (Å²) in [4.78, 5) is 28.5. The Bertz CT molecular complexity index is 826. The number of esters is 1. The Kier molecular flexibility index (Phi) is 5.00. The molecule has 162 valence electrons. The van der Waals surface area contributed by atoms with Crippen LogP contribution in [0.2, 0.25) is 0 Å². The largest absolute Gasteiger partial charge is 0.462 e. The number of hydrogen-bond donors (Lipinski definition) is 1. The molecule has 5 rings (SSSR count). The SMILES string of the molecule is C=C1CCC[C@]2(C)C[C@H]3OC(=O)[C@@H](C[NH+]4CCN(C(=O)c5ccco5)CC4)[C@H]3C[C@H]12. The van der Waals surface area contributed by atoms with Crippen molar-refractivity contribution in [2.45, 2.75) is 45.1 Å². The van der Waals surface area contributed by atoms with Crippen LogP contribution >= 0.6 is 0 Å². The molecule has 4 fully saturated rings. The van der Waals surface area contributed by atoms with Crippen molar-refractivity contribution in [2.24, 2.45) is 23.2 Å². The third-order valence-corrected chi connectivity index (χ3v) is 8.32. The smallest absolute Gasteiger partial charge is 0.315 e. The van der Waals surface area contributed by atoms with E-state index in [-0.39, 0.29) is 29.3 Å². The first-order valence-electron chi connectivity index (χ1n) is 11.5. The molecule has 30 heavy (non-hydrogen) atoms. The van der Waals surface area contributed by atoms with Gasteiger partial charge in [-0.15, -0.1) is 0 Å². The lowest BCUT2D eigenvalue weighted by Gasteiger charge is -2.50. The quantitative estimate of drug-likeness (QED) is 0.608. The van der Waals surface area contributed by atoms with Crippen LogP contribution in [0, 0.1) is 23.2 Å². The van der Waals surface area contributed by atoms with Crippen molar-refractivity contribution in [1.29, 1.82) is 0 Å². The maximum Gasteiger partial charge on any atom is 0.315 e. The number of carbonyl (C=O) groups excluding carboxylic acids is 2. The number of carbonyl (C=O) groups is 2. The first kappa shape index (κ1) is 19.9. The van der Waals surface area contributed by atoms with Crippen LogP contribution < -0.4 is 4.90 Å². The van der Waals surface area contributed by atoms with E-state index in [0.29, 0.717) is 30.7 Å². The van der Waals surface area contributed by atoms with Crippen molar-refractivity contribution in [3.8, 4) is 0 Å². The number of ether oxygens (including phenoxy) is 1. The fraction of sp³-hybridized carbons (Fsp3) is 0.667. The Hall–Kier alpha value is -2.08. The zero-order valence-electron chi connectivity index (χ0n) is 17.9. The van der Waals surface area contributed by atoms with Crippen molar-refractivity contribution in [1.82, 2.24) is 4.90 Å². The van der Waals surface area contributed by atoms with Gasteiger partial charge < -0.3 is 19.0 Å². The second kappa shape index (κ2) is 7.56. The molecule has 2 aliphatic carbocycles. The number of fused-ring (bicyclic) bond motifs is 2. The van der Waals surface area contributed by atoms with E-state index >= 15 is 0 Å². The van der Waals surface area contributed by atoms with E-state index in [1.807, 2.05) is 4.90 Å². The fourth-order valence-electron chi connectivity index (χ4n) is 6.59. The summed E-state index contributed by atoms with van der Waals surface area (Å²) in [6.07, 6.45) is 7.22. The van der Waals surface area contributed by atoms with Crippen LogP contribution in [0.4, 0.5) is 0 Å². The summed E-state index contributed by atoms with van der Waals surface area (Å²) in [5.74, 6) is 1.19. The average Bonchev–Trinajstić information content (AvgIpc) is 3.35. The molecule has 0 aromatic carbocycles. The highest BCUT2D eigenvalue weighted by Gasteiger charge is 2.56. The maximum absolute atomic E-state index is 12.8. The first-order valence-corrected chi connectivity index (χ1v) is 11.5. The molecule has 2 saturated heterocycles. The van der Waals surface area contributed by atoms with E-state index in [1.54, 1.807) is 12.1 Å². The van der Waals surface area contributed by atoms with E-state index in [4.69, 9.17) is 9.15 Å². The molecule has 0 spiro atoms. The summed E-state index contributed by atoms with van der Waals surface area (Å²) in [5.41, 5.74) is 1.63. The minimum atomic E-state index is -0.0400. The Morgan fingerprint density at radius 3 is 2.90 bits per heavy atom. The summed E-state index contributed by atoms with van der Waals surface area (Å²) in [6.45, 7) is 10.7. The number of quaternary nitrogens is 1. The van der Waals surface area contributed by atoms with Crippen LogP contribution in [-0.4, -0.2) is 55.6 Å². The van der Waals surface area contributed by atoms with Gasteiger partial charge in [-0.25, -0.2) is 0 Å². The molecule has 4 aliphatic rings. The molecular weight excluding hydrogens is 380 g/mol. The van der Waals surface area contributed by atoms with Gasteiger partial charge in [-0.1, -0.05) is 19.1 Å². The lowest BCUT2D eigenvalue weighted by molar-refractivity contribution is -0.906. The lowest BCUT2D eigenvalue weighted by Crippen LogP contribution is -3.15. The predicted molar refractivity (Wildman–Crippen MR) is 111 cm³/mol. The van der Waals surface area contributed by atoms with Gasteiger partial charge in [0, 0.05) is 5.92 Å². The van der Waals surface area contributed by atoms with Gasteiger partial charge in [0.15, 0.2) is 5.76 Å². The zero-order valence-corrected chi connectivity index (χ0v) is 17.9. The molecule has 0 bridgehead atoms. The fourth-order valence-corrected chi connectivity index (χ4v) is 6.59. The summed E-state index contributed by atoms with van der Waals surface area (Å²) in [6, 6.07) is 3.46. The Labute approximate surface area is 178 Å². The summed E-state index contributed by atoms with van der Waals surface area (Å²) in [5, 5.41) is 0. The minimum Gasteiger partial charge on any atom is -0.462 e. The molecule has 6 nitrogen and oxygen atoms in total. The number of rotatable bonds is 3. The van der Waals surface area contributed by atoms with Crippen molar-refractivity contribution in [3.63, 3.8) is 0 Å². The lowest BCUT2D eigenvalue weighted by atomic mass is 9.55. The highest BCUT2D eigenvalue weighted by atomic mass is 16.6. The summed E-state index contributed by atoms with van der Waals surface area (Å²) in [7, 11) is 0. The number of piperazine rings is 1. The summed E-state index contributed by atoms with van der Waals surface area (Å²) < 4.78 is 11.2. The standard InChI is InChI=1S/C24H32N2O4/c1-16-5-3-7-24(2)14-21-17(13-19(16)24)18(23(28)30-21)15-25-8-10-26(11-9-25)22(27)20-6-4-12-29-20/h4,6,12,17-19,21H,1,3,5,7-11,13-15H2,2H3/p+1/t17-,18+,19-,21-,24-/m1/s1. The van der Waals surface area contributed by atoms with Gasteiger partial charge in [-0.05, 0) is 55.6 Å². The minimum absolute atomic E-state index is 0.000509. The van der Waals surface area contributed by atoms with Gasteiger partial charge in [0.05, 0.1) is 39.0 Å². The van der Waals surface area contributed by atoms with E-state index in [0.717, 1.165) is 38.9 Å². The first-order chi connectivity index (χ1) is 14.4. The highest BCUT2D eigenvalue weighted by Crippen LogP contribution is 2.56. The second-order valence-electron chi connectivity index (χ2n) is 10.1. The van der Waals surface area contributed by atoms with Gasteiger partial charge in [-0.2, -0.15) is 0 Å². The van der Waals surface area contributed by atoms with Crippen LogP contribution in [0.3, 0.4) is 0 Å². The maximum atomic E-state index is 12.8. The second-order valence-corrected chi connectivity index (χ2v) is 10.1. The van der Waals surface area contributed by atoms with Crippen LogP contribution in [0.15, 0.2) is 35.0 Å². The predicted octanol–water partition coefficient (Wildman–Crippen LogP) is 1.93. The van der Waals surface area contributed by atoms with E-state index in [2.05, 4.69) is 13.5 Å². The van der Waals surface area contributed by atoms with E-state index in [1.165, 1.54) is 29.6 Å². The normalized spacial score (nSPS) is 36.9. The van der Waals surface area contributed by atoms with Gasteiger partial charge in [0.1, 0.15) is 12.0 Å². The molecule has 2 aliphatic heterocycles. The number of nitrogens with one attached hydrogen (secondary N) is 1. The van der Waals surface area contributed by atoms with Gasteiger partial charge >= 0.3 is 5.97 Å². The molecule has 2 saturated carbocycles. The van der Waals surface area contributed by atoms with Crippen LogP contribution in [0.5, 0.6) is 0 Å². The highest BCUT2D eigenvalue weighted by molar-refractivity contribution is 5.91. The molecule has 1 amide bonds. The Balaban J connectivity index is 1.21. The van der Waals surface area contributed by atoms with Crippen LogP contribution in [0.1, 0.15) is 49.6 Å². The monoisotopic (exact) mass is 413 g/mol. The van der Waals surface area contributed by atoms with Gasteiger partial charge in [0.25, 0.3) is 5.91 Å². The van der Waals surface area contributed by atoms with Gasteiger partial charge in [0.2, 0.25) is 0 Å². The molecular formula is C24H33N2O4+. The summed E-state index contributed by atoms with van der Waals surface area (Å²) >= 11 is 0. The third-order valence-electron chi connectivity index (χ3n) is 8.32. The Morgan fingerprint density at radius 2 is 2.17 bits per heavy atom. The molecule has 1 aromatic heterocycles. The van der Waals surface area contributed by atoms with E-state index in [9.17, 15) is 9.59 Å². The van der Waals surface area contributed by atoms with Crippen molar-refractivity contribution in [3.05, 3.63) is 36.3 Å². The van der Waals surface area contributed by atoms with Gasteiger partial charge in [-0.3, -0.25) is 9.59 Å². The number of amides is 1. The van der Waals surface area contributed by atoms with Crippen molar-refractivity contribution < 1.29 is 23.6 Å².